The molecule has 1 aliphatic carbocycles. The largest absolute Gasteiger partial charge is 0.493 e. The minimum absolute atomic E-state index is 0.286. The highest BCUT2D eigenvalue weighted by Gasteiger charge is 2.55. The zero-order valence-corrected chi connectivity index (χ0v) is 26.1. The summed E-state index contributed by atoms with van der Waals surface area (Å²) >= 11 is 19.8. The van der Waals surface area contributed by atoms with Crippen molar-refractivity contribution in [3.63, 3.8) is 0 Å². The highest BCUT2D eigenvalue weighted by atomic mass is 35.5. The standard InChI is InChI=1S/C36H24Cl3N3O2/c1-43-34-13-21-11-12-42-32(27(21)16-35(34)44-2)17-28(20-3-5-22(37)6-4-20)36(31(18-40)33(42)19-41)29-14-23(38)7-9-25(29)26-10-8-24(39)15-30(26)36/h3-10,13-17,28H,11-12H2,1-2H3/t28-/m1/s1. The van der Waals surface area contributed by atoms with Gasteiger partial charge < -0.3 is 14.4 Å². The lowest BCUT2D eigenvalue weighted by Crippen LogP contribution is -2.35. The second-order valence-corrected chi connectivity index (χ2v) is 12.3. The Morgan fingerprint density at radius 1 is 0.750 bits per heavy atom. The van der Waals surface area contributed by atoms with Gasteiger partial charge in [-0.15, -0.1) is 0 Å². The maximum Gasteiger partial charge on any atom is 0.161 e. The summed E-state index contributed by atoms with van der Waals surface area (Å²) in [5, 5.41) is 23.7. The first-order chi connectivity index (χ1) is 21.3. The fraction of sp³-hybridized carbons (Fsp3) is 0.167. The van der Waals surface area contributed by atoms with Crippen LogP contribution >= 0.6 is 34.8 Å². The molecule has 0 radical (unpaired) electrons. The smallest absolute Gasteiger partial charge is 0.161 e. The summed E-state index contributed by atoms with van der Waals surface area (Å²) in [5.41, 5.74) is 6.75. The van der Waals surface area contributed by atoms with Gasteiger partial charge in [-0.3, -0.25) is 0 Å². The first kappa shape index (κ1) is 28.4. The molecule has 44 heavy (non-hydrogen) atoms. The van der Waals surface area contributed by atoms with Crippen molar-refractivity contribution < 1.29 is 9.47 Å². The van der Waals surface area contributed by atoms with E-state index in [0.29, 0.717) is 45.1 Å². The molecule has 0 N–H and O–H groups in total. The van der Waals surface area contributed by atoms with Gasteiger partial charge in [-0.05, 0) is 88.3 Å². The molecule has 0 bridgehead atoms. The van der Waals surface area contributed by atoms with E-state index in [0.717, 1.165) is 44.6 Å². The molecule has 2 aliphatic heterocycles. The number of methoxy groups -OCH3 is 2. The van der Waals surface area contributed by atoms with Gasteiger partial charge in [0.25, 0.3) is 0 Å². The van der Waals surface area contributed by atoms with Crippen LogP contribution in [-0.4, -0.2) is 25.7 Å². The number of fused-ring (bicyclic) bond motifs is 8. The number of rotatable bonds is 3. The SMILES string of the molecule is COc1cc2c(cc1OC)C1=C[C@H](c3ccc(Cl)cc3)C3(C(C#N)=C(C#N)N1CC2)c1cc(Cl)ccc1-c1ccc(Cl)cc13. The topological polar surface area (TPSA) is 69.3 Å². The van der Waals surface area contributed by atoms with Crippen LogP contribution in [0.15, 0.2) is 90.1 Å². The molecule has 0 saturated carbocycles. The van der Waals surface area contributed by atoms with Gasteiger partial charge in [-0.2, -0.15) is 10.5 Å². The van der Waals surface area contributed by atoms with Gasteiger partial charge in [0.15, 0.2) is 11.5 Å². The van der Waals surface area contributed by atoms with Gasteiger partial charge in [0.05, 0.1) is 31.3 Å². The normalized spacial score (nSPS) is 17.4. The van der Waals surface area contributed by atoms with Crippen molar-refractivity contribution in [3.8, 4) is 34.8 Å². The number of halogens is 3. The van der Waals surface area contributed by atoms with Crippen LogP contribution in [-0.2, 0) is 11.8 Å². The van der Waals surface area contributed by atoms with E-state index in [2.05, 4.69) is 18.2 Å². The molecule has 7 rings (SSSR count). The third-order valence-corrected chi connectivity index (χ3v) is 9.75. The van der Waals surface area contributed by atoms with Crippen molar-refractivity contribution in [2.75, 3.05) is 20.8 Å². The van der Waals surface area contributed by atoms with Gasteiger partial charge in [0.1, 0.15) is 11.8 Å². The number of benzene rings is 4. The van der Waals surface area contributed by atoms with Crippen molar-refractivity contribution in [1.29, 1.82) is 10.5 Å². The van der Waals surface area contributed by atoms with E-state index in [9.17, 15) is 10.5 Å². The Labute approximate surface area is 270 Å². The maximum absolute atomic E-state index is 11.1. The average molecular weight is 637 g/mol. The summed E-state index contributed by atoms with van der Waals surface area (Å²) < 4.78 is 11.3. The van der Waals surface area contributed by atoms with Crippen LogP contribution < -0.4 is 9.47 Å². The number of nitriles is 2. The first-order valence-electron chi connectivity index (χ1n) is 14.0. The third-order valence-electron chi connectivity index (χ3n) is 9.02. The van der Waals surface area contributed by atoms with Crippen LogP contribution in [0.2, 0.25) is 15.1 Å². The lowest BCUT2D eigenvalue weighted by atomic mass is 9.61. The second kappa shape index (κ2) is 10.7. The van der Waals surface area contributed by atoms with E-state index >= 15 is 0 Å². The van der Waals surface area contributed by atoms with Gasteiger partial charge in [-0.25, -0.2) is 0 Å². The maximum atomic E-state index is 11.1. The molecule has 0 unspecified atom stereocenters. The molecule has 8 heteroatoms. The van der Waals surface area contributed by atoms with E-state index < -0.39 is 11.3 Å². The molecule has 0 amide bonds. The number of hydrogen-bond donors (Lipinski definition) is 0. The molecule has 216 valence electrons. The highest BCUT2D eigenvalue weighted by Crippen LogP contribution is 2.63. The Balaban J connectivity index is 1.67. The lowest BCUT2D eigenvalue weighted by molar-refractivity contribution is 0.353. The summed E-state index contributed by atoms with van der Waals surface area (Å²) in [6.45, 7) is 0.497. The van der Waals surface area contributed by atoms with Gasteiger partial charge in [0.2, 0.25) is 0 Å². The summed E-state index contributed by atoms with van der Waals surface area (Å²) in [4.78, 5) is 1.97. The molecule has 4 aromatic rings. The van der Waals surface area contributed by atoms with Crippen LogP contribution in [0.3, 0.4) is 0 Å². The zero-order valence-electron chi connectivity index (χ0n) is 23.8. The molecule has 0 saturated heterocycles. The van der Waals surface area contributed by atoms with E-state index in [-0.39, 0.29) is 5.70 Å². The van der Waals surface area contributed by atoms with Gasteiger partial charge >= 0.3 is 0 Å². The molecule has 0 aromatic heterocycles. The quantitative estimate of drug-likeness (QED) is 0.225. The van der Waals surface area contributed by atoms with E-state index in [1.165, 1.54) is 0 Å². The van der Waals surface area contributed by atoms with Crippen LogP contribution in [0.25, 0.3) is 16.8 Å². The Kier molecular flexibility index (Phi) is 6.87. The third kappa shape index (κ3) is 3.98. The second-order valence-electron chi connectivity index (χ2n) is 11.0. The van der Waals surface area contributed by atoms with Gasteiger partial charge in [-0.1, -0.05) is 65.1 Å². The number of nitrogens with zero attached hydrogens (tertiary/aromatic N) is 3. The van der Waals surface area contributed by atoms with E-state index in [1.807, 2.05) is 77.7 Å². The zero-order chi connectivity index (χ0) is 30.7. The Morgan fingerprint density at radius 2 is 1.34 bits per heavy atom. The van der Waals surface area contributed by atoms with Crippen molar-refractivity contribution in [2.24, 2.45) is 0 Å². The van der Waals surface area contributed by atoms with Gasteiger partial charge in [0, 0.05) is 38.8 Å². The average Bonchev–Trinajstić information content (AvgIpc) is 3.22. The minimum Gasteiger partial charge on any atom is -0.493 e. The highest BCUT2D eigenvalue weighted by molar-refractivity contribution is 6.31. The molecule has 3 aliphatic rings. The monoisotopic (exact) mass is 635 g/mol. The number of allylic oxidation sites excluding steroid dienone is 3. The van der Waals surface area contributed by atoms with Crippen LogP contribution in [0, 0.1) is 22.7 Å². The summed E-state index contributed by atoms with van der Waals surface area (Å²) in [5.74, 6) is 0.749. The van der Waals surface area contributed by atoms with Crippen molar-refractivity contribution in [1.82, 2.24) is 4.90 Å². The fourth-order valence-corrected chi connectivity index (χ4v) is 7.69. The molecule has 1 atom stereocenters. The minimum atomic E-state index is -1.13. The van der Waals surface area contributed by atoms with Crippen LogP contribution in [0.5, 0.6) is 11.5 Å². The summed E-state index contributed by atoms with van der Waals surface area (Å²) in [7, 11) is 3.22. The Bertz CT molecular complexity index is 1970. The molecule has 0 fully saturated rings. The Morgan fingerprint density at radius 3 is 1.91 bits per heavy atom. The fourth-order valence-electron chi connectivity index (χ4n) is 7.21. The van der Waals surface area contributed by atoms with Crippen molar-refractivity contribution in [2.45, 2.75) is 17.8 Å². The Hall–Kier alpha value is -4.39. The first-order valence-corrected chi connectivity index (χ1v) is 15.1. The summed E-state index contributed by atoms with van der Waals surface area (Å²) in [6.07, 6.45) is 2.82. The van der Waals surface area contributed by atoms with Crippen LogP contribution in [0.1, 0.15) is 33.7 Å². The number of ether oxygens (including phenoxy) is 2. The van der Waals surface area contributed by atoms with Crippen LogP contribution in [0.4, 0.5) is 0 Å². The van der Waals surface area contributed by atoms with E-state index in [1.54, 1.807) is 14.2 Å². The lowest BCUT2D eigenvalue weighted by Gasteiger charge is -2.38. The van der Waals surface area contributed by atoms with Crippen molar-refractivity contribution in [3.05, 3.63) is 133 Å². The number of hydrogen-bond acceptors (Lipinski definition) is 5. The molecule has 5 nitrogen and oxygen atoms in total. The predicted octanol–water partition coefficient (Wildman–Crippen LogP) is 8.93. The van der Waals surface area contributed by atoms with Crippen molar-refractivity contribution >= 4 is 40.5 Å². The molecule has 2 heterocycles. The molecule has 4 aromatic carbocycles. The molecular formula is C36H24Cl3N3O2. The molecular weight excluding hydrogens is 613 g/mol. The predicted molar refractivity (Wildman–Crippen MR) is 173 cm³/mol. The van der Waals surface area contributed by atoms with E-state index in [4.69, 9.17) is 44.3 Å². The summed E-state index contributed by atoms with van der Waals surface area (Å²) in [6, 6.07) is 28.1. The molecule has 1 spiro atoms.